The Balaban J connectivity index is 2.24. The Morgan fingerprint density at radius 1 is 1.38 bits per heavy atom. The van der Waals surface area contributed by atoms with E-state index in [0.29, 0.717) is 12.6 Å². The number of hydrogen-bond acceptors (Lipinski definition) is 4. The molecule has 0 saturated carbocycles. The Morgan fingerprint density at radius 3 is 2.75 bits per heavy atom. The topological polar surface area (TPSA) is 46.9 Å². The fraction of sp³-hybridized carbons (Fsp3) is 1.00. The molecule has 4 nitrogen and oxygen atoms in total. The molecule has 0 spiro atoms. The van der Waals surface area contributed by atoms with Gasteiger partial charge in [-0.3, -0.25) is 9.80 Å². The van der Waals surface area contributed by atoms with Crippen LogP contribution >= 0.6 is 0 Å². The molecular weight excluding hydrogens is 204 g/mol. The number of aliphatic hydroxyl groups is 2. The van der Waals surface area contributed by atoms with Gasteiger partial charge in [0.05, 0.1) is 19.4 Å². The molecule has 1 heterocycles. The number of hydrogen-bond donors (Lipinski definition) is 2. The van der Waals surface area contributed by atoms with E-state index in [4.69, 9.17) is 5.11 Å². The average molecular weight is 230 g/mol. The monoisotopic (exact) mass is 230 g/mol. The fourth-order valence-electron chi connectivity index (χ4n) is 2.36. The molecule has 1 fully saturated rings. The molecule has 0 amide bonds. The Hall–Kier alpha value is -0.160. The zero-order valence-electron chi connectivity index (χ0n) is 10.6. The van der Waals surface area contributed by atoms with Crippen LogP contribution in [0.2, 0.25) is 0 Å². The summed E-state index contributed by atoms with van der Waals surface area (Å²) in [5.41, 5.74) is 0. The summed E-state index contributed by atoms with van der Waals surface area (Å²) in [5, 5.41) is 18.2. The van der Waals surface area contributed by atoms with Gasteiger partial charge >= 0.3 is 0 Å². The van der Waals surface area contributed by atoms with E-state index in [0.717, 1.165) is 13.2 Å². The molecule has 4 heteroatoms. The van der Waals surface area contributed by atoms with Crippen molar-refractivity contribution < 1.29 is 10.2 Å². The summed E-state index contributed by atoms with van der Waals surface area (Å²) in [4.78, 5) is 4.57. The van der Waals surface area contributed by atoms with Crippen molar-refractivity contribution in [2.24, 2.45) is 0 Å². The number of aliphatic hydroxyl groups excluding tert-OH is 2. The Morgan fingerprint density at radius 2 is 2.12 bits per heavy atom. The summed E-state index contributed by atoms with van der Waals surface area (Å²) < 4.78 is 0. The van der Waals surface area contributed by atoms with E-state index in [1.165, 1.54) is 25.7 Å². The van der Waals surface area contributed by atoms with Crippen molar-refractivity contribution in [3.63, 3.8) is 0 Å². The average Bonchev–Trinajstić information content (AvgIpc) is 2.59. The molecule has 1 saturated heterocycles. The molecule has 1 rings (SSSR count). The van der Waals surface area contributed by atoms with Crippen molar-refractivity contribution in [3.8, 4) is 0 Å². The maximum Gasteiger partial charge on any atom is 0.0897 e. The van der Waals surface area contributed by atoms with Gasteiger partial charge in [0, 0.05) is 19.1 Å². The number of nitrogens with zero attached hydrogens (tertiary/aromatic N) is 2. The Labute approximate surface area is 98.9 Å². The minimum Gasteiger partial charge on any atom is -0.394 e. The molecule has 0 aromatic rings. The molecule has 2 atom stereocenters. The highest BCUT2D eigenvalue weighted by Gasteiger charge is 2.27. The van der Waals surface area contributed by atoms with E-state index in [1.807, 2.05) is 0 Å². The van der Waals surface area contributed by atoms with Crippen LogP contribution in [0.3, 0.4) is 0 Å². The zero-order chi connectivity index (χ0) is 12.0. The molecule has 1 aliphatic heterocycles. The van der Waals surface area contributed by atoms with E-state index >= 15 is 0 Å². The third-order valence-corrected chi connectivity index (χ3v) is 3.34. The number of β-amino-alcohol motifs (C(OH)–C–C–N with tert-alkyl or cyclic N) is 1. The zero-order valence-corrected chi connectivity index (χ0v) is 10.6. The first-order chi connectivity index (χ1) is 7.67. The van der Waals surface area contributed by atoms with Crippen LogP contribution in [0, 0.1) is 0 Å². The van der Waals surface area contributed by atoms with E-state index < -0.39 is 6.10 Å². The van der Waals surface area contributed by atoms with Gasteiger partial charge in [-0.1, -0.05) is 26.2 Å². The van der Waals surface area contributed by atoms with Crippen molar-refractivity contribution in [2.75, 3.05) is 33.4 Å². The summed E-state index contributed by atoms with van der Waals surface area (Å²) in [6.45, 7) is 4.61. The highest BCUT2D eigenvalue weighted by atomic mass is 16.3. The largest absolute Gasteiger partial charge is 0.394 e. The standard InChI is InChI=1S/C12H26N2O2/c1-3-4-5-6-11-7-14(10-13(11)2)8-12(16)9-15/h11-12,15-16H,3-10H2,1-2H3. The van der Waals surface area contributed by atoms with Crippen LogP contribution in [-0.2, 0) is 0 Å². The van der Waals surface area contributed by atoms with Gasteiger partial charge in [-0.05, 0) is 13.5 Å². The van der Waals surface area contributed by atoms with Crippen molar-refractivity contribution in [1.82, 2.24) is 9.80 Å². The molecule has 1 aliphatic rings. The van der Waals surface area contributed by atoms with E-state index in [9.17, 15) is 5.11 Å². The second-order valence-corrected chi connectivity index (χ2v) is 4.92. The minimum absolute atomic E-state index is 0.138. The normalized spacial score (nSPS) is 25.1. The SMILES string of the molecule is CCCCCC1CN(CC(O)CO)CN1C. The van der Waals surface area contributed by atoms with Crippen molar-refractivity contribution >= 4 is 0 Å². The molecule has 2 unspecified atom stereocenters. The molecule has 96 valence electrons. The lowest BCUT2D eigenvalue weighted by Crippen LogP contribution is -2.33. The number of likely N-dealkylation sites (N-methyl/N-ethyl adjacent to an activating group) is 1. The van der Waals surface area contributed by atoms with Gasteiger partial charge in [0.1, 0.15) is 0 Å². The molecule has 0 aliphatic carbocycles. The van der Waals surface area contributed by atoms with Crippen LogP contribution in [0.15, 0.2) is 0 Å². The third kappa shape index (κ3) is 4.37. The van der Waals surface area contributed by atoms with Gasteiger partial charge in [0.25, 0.3) is 0 Å². The van der Waals surface area contributed by atoms with E-state index in [2.05, 4.69) is 23.8 Å². The van der Waals surface area contributed by atoms with Crippen LogP contribution < -0.4 is 0 Å². The second kappa shape index (κ2) is 7.22. The quantitative estimate of drug-likeness (QED) is 0.625. The maximum atomic E-state index is 9.39. The lowest BCUT2D eigenvalue weighted by Gasteiger charge is -2.17. The van der Waals surface area contributed by atoms with Crippen molar-refractivity contribution in [3.05, 3.63) is 0 Å². The summed E-state index contributed by atoms with van der Waals surface area (Å²) >= 11 is 0. The predicted octanol–water partition coefficient (Wildman–Crippen LogP) is 0.493. The van der Waals surface area contributed by atoms with Crippen LogP contribution in [-0.4, -0.2) is 65.6 Å². The molecule has 0 radical (unpaired) electrons. The second-order valence-electron chi connectivity index (χ2n) is 4.92. The van der Waals surface area contributed by atoms with Gasteiger partial charge in [0.15, 0.2) is 0 Å². The Bertz CT molecular complexity index is 190. The molecule has 0 bridgehead atoms. The summed E-state index contributed by atoms with van der Waals surface area (Å²) in [5.74, 6) is 0. The van der Waals surface area contributed by atoms with Crippen LogP contribution in [0.5, 0.6) is 0 Å². The summed E-state index contributed by atoms with van der Waals surface area (Å²) in [6, 6.07) is 0.623. The molecule has 2 N–H and O–H groups in total. The molecule has 0 aromatic heterocycles. The fourth-order valence-corrected chi connectivity index (χ4v) is 2.36. The minimum atomic E-state index is -0.595. The number of rotatable bonds is 7. The van der Waals surface area contributed by atoms with Gasteiger partial charge in [-0.15, -0.1) is 0 Å². The lowest BCUT2D eigenvalue weighted by atomic mass is 10.1. The third-order valence-electron chi connectivity index (χ3n) is 3.34. The van der Waals surface area contributed by atoms with Gasteiger partial charge in [0.2, 0.25) is 0 Å². The molecule has 0 aromatic carbocycles. The molecular formula is C12H26N2O2. The first kappa shape index (κ1) is 13.9. The van der Waals surface area contributed by atoms with E-state index in [-0.39, 0.29) is 6.61 Å². The van der Waals surface area contributed by atoms with Crippen LogP contribution in [0.1, 0.15) is 32.6 Å². The van der Waals surface area contributed by atoms with Crippen LogP contribution in [0.25, 0.3) is 0 Å². The van der Waals surface area contributed by atoms with E-state index in [1.54, 1.807) is 0 Å². The van der Waals surface area contributed by atoms with Crippen molar-refractivity contribution in [2.45, 2.75) is 44.8 Å². The first-order valence-corrected chi connectivity index (χ1v) is 6.38. The van der Waals surface area contributed by atoms with Crippen LogP contribution in [0.4, 0.5) is 0 Å². The Kier molecular flexibility index (Phi) is 6.28. The highest BCUT2D eigenvalue weighted by Crippen LogP contribution is 2.17. The van der Waals surface area contributed by atoms with Gasteiger partial charge in [-0.2, -0.15) is 0 Å². The smallest absolute Gasteiger partial charge is 0.0897 e. The maximum absolute atomic E-state index is 9.39. The summed E-state index contributed by atoms with van der Waals surface area (Å²) in [6.07, 6.45) is 4.52. The van der Waals surface area contributed by atoms with Gasteiger partial charge < -0.3 is 10.2 Å². The lowest BCUT2D eigenvalue weighted by molar-refractivity contribution is 0.0623. The number of unbranched alkanes of at least 4 members (excludes halogenated alkanes) is 2. The molecule has 16 heavy (non-hydrogen) atoms. The first-order valence-electron chi connectivity index (χ1n) is 6.38. The van der Waals surface area contributed by atoms with Crippen molar-refractivity contribution in [1.29, 1.82) is 0 Å². The highest BCUT2D eigenvalue weighted by molar-refractivity contribution is 4.81. The summed E-state index contributed by atoms with van der Waals surface area (Å²) in [7, 11) is 2.14. The van der Waals surface area contributed by atoms with Gasteiger partial charge in [-0.25, -0.2) is 0 Å². The predicted molar refractivity (Wildman–Crippen MR) is 65.2 cm³/mol.